The van der Waals surface area contributed by atoms with Gasteiger partial charge in [0.25, 0.3) is 11.8 Å². The predicted octanol–water partition coefficient (Wildman–Crippen LogP) is 1.96. The van der Waals surface area contributed by atoms with E-state index in [9.17, 15) is 14.4 Å². The molecule has 30 heavy (non-hydrogen) atoms. The average molecular weight is 407 g/mol. The number of amides is 3. The van der Waals surface area contributed by atoms with Crippen molar-refractivity contribution >= 4 is 34.9 Å². The molecule has 3 amide bonds. The van der Waals surface area contributed by atoms with Crippen LogP contribution in [-0.4, -0.2) is 48.6 Å². The third-order valence-corrected chi connectivity index (χ3v) is 4.81. The van der Waals surface area contributed by atoms with Crippen molar-refractivity contribution < 1.29 is 14.4 Å². The number of anilines is 2. The number of carbonyl (C=O) groups excluding carboxylic acids is 3. The van der Waals surface area contributed by atoms with Gasteiger partial charge < -0.3 is 10.2 Å². The molecule has 2 N–H and O–H groups in total. The fourth-order valence-corrected chi connectivity index (χ4v) is 3.10. The van der Waals surface area contributed by atoms with E-state index in [1.54, 1.807) is 12.1 Å². The molecule has 3 rings (SSSR count). The topological polar surface area (TPSA) is 94.1 Å². The van der Waals surface area contributed by atoms with E-state index in [-0.39, 0.29) is 30.7 Å². The van der Waals surface area contributed by atoms with Gasteiger partial charge in [0, 0.05) is 12.7 Å². The fraction of sp³-hybridized carbons (Fsp3) is 0.273. The molecule has 2 aromatic carbocycles. The van der Waals surface area contributed by atoms with Crippen LogP contribution in [0.4, 0.5) is 11.4 Å². The summed E-state index contributed by atoms with van der Waals surface area (Å²) in [6.07, 6.45) is 0. The predicted molar refractivity (Wildman–Crippen MR) is 116 cm³/mol. The first-order valence-corrected chi connectivity index (χ1v) is 9.58. The van der Waals surface area contributed by atoms with Crippen LogP contribution in [-0.2, 0) is 14.4 Å². The largest absolute Gasteiger partial charge is 0.330 e. The fourth-order valence-electron chi connectivity index (χ4n) is 3.10. The van der Waals surface area contributed by atoms with Crippen LogP contribution >= 0.6 is 0 Å². The zero-order chi connectivity index (χ0) is 21.8. The van der Waals surface area contributed by atoms with Crippen molar-refractivity contribution in [3.8, 4) is 0 Å². The molecule has 0 saturated carbocycles. The molecular weight excluding hydrogens is 382 g/mol. The standard InChI is InChI=1S/C22H25N5O3/c1-14-8-10-17(11-9-14)27-19(29)12-23-21(25-27)22(30)26(4)13-18(28)24-20-15(2)6-5-7-16(20)3/h5-11H,12-13H2,1-4H3,(H,23,25)(H,24,28). The van der Waals surface area contributed by atoms with Crippen LogP contribution in [0.2, 0.25) is 0 Å². The van der Waals surface area contributed by atoms with E-state index < -0.39 is 5.91 Å². The van der Waals surface area contributed by atoms with Crippen LogP contribution in [0.15, 0.2) is 47.5 Å². The number of aryl methyl sites for hydroxylation is 3. The Balaban J connectivity index is 1.66. The highest BCUT2D eigenvalue weighted by molar-refractivity contribution is 6.39. The minimum absolute atomic E-state index is 0.0116. The van der Waals surface area contributed by atoms with Crippen molar-refractivity contribution in [2.75, 3.05) is 30.5 Å². The third-order valence-electron chi connectivity index (χ3n) is 4.81. The average Bonchev–Trinajstić information content (AvgIpc) is 2.71. The second-order valence-corrected chi connectivity index (χ2v) is 7.32. The van der Waals surface area contributed by atoms with Gasteiger partial charge >= 0.3 is 0 Å². The maximum Gasteiger partial charge on any atom is 0.290 e. The van der Waals surface area contributed by atoms with Crippen LogP contribution in [0.3, 0.4) is 0 Å². The number of para-hydroxylation sites is 1. The first-order valence-electron chi connectivity index (χ1n) is 9.58. The van der Waals surface area contributed by atoms with Gasteiger partial charge in [-0.15, -0.1) is 0 Å². The number of aliphatic imine (C=N–C) groups is 1. The van der Waals surface area contributed by atoms with Gasteiger partial charge in [0.1, 0.15) is 6.54 Å². The molecule has 8 nitrogen and oxygen atoms in total. The van der Waals surface area contributed by atoms with Crippen LogP contribution < -0.4 is 15.8 Å². The minimum Gasteiger partial charge on any atom is -0.330 e. The lowest BCUT2D eigenvalue weighted by Gasteiger charge is -2.29. The summed E-state index contributed by atoms with van der Waals surface area (Å²) in [5.74, 6) is -1.05. The van der Waals surface area contributed by atoms with Crippen molar-refractivity contribution in [1.82, 2.24) is 10.3 Å². The number of hydrogen-bond donors (Lipinski definition) is 2. The highest BCUT2D eigenvalue weighted by atomic mass is 16.2. The van der Waals surface area contributed by atoms with Gasteiger partial charge in [-0.05, 0) is 44.0 Å². The van der Waals surface area contributed by atoms with Crippen molar-refractivity contribution in [2.24, 2.45) is 4.99 Å². The summed E-state index contributed by atoms with van der Waals surface area (Å²) in [6, 6.07) is 13.1. The Morgan fingerprint density at radius 2 is 1.73 bits per heavy atom. The van der Waals surface area contributed by atoms with Gasteiger partial charge in [0.05, 0.1) is 12.2 Å². The third kappa shape index (κ3) is 4.65. The second-order valence-electron chi connectivity index (χ2n) is 7.32. The van der Waals surface area contributed by atoms with Crippen molar-refractivity contribution in [3.05, 3.63) is 59.2 Å². The molecule has 1 heterocycles. The zero-order valence-electron chi connectivity index (χ0n) is 17.5. The highest BCUT2D eigenvalue weighted by Gasteiger charge is 2.28. The number of carbonyl (C=O) groups is 3. The van der Waals surface area contributed by atoms with Crippen LogP contribution in [0.5, 0.6) is 0 Å². The molecule has 8 heteroatoms. The number of benzene rings is 2. The van der Waals surface area contributed by atoms with Crippen molar-refractivity contribution in [1.29, 1.82) is 0 Å². The molecule has 0 spiro atoms. The quantitative estimate of drug-likeness (QED) is 0.792. The van der Waals surface area contributed by atoms with Gasteiger partial charge in [-0.2, -0.15) is 0 Å². The summed E-state index contributed by atoms with van der Waals surface area (Å²) in [5, 5.41) is 4.15. The summed E-state index contributed by atoms with van der Waals surface area (Å²) >= 11 is 0. The normalized spacial score (nSPS) is 13.4. The van der Waals surface area contributed by atoms with Crippen LogP contribution in [0, 0.1) is 20.8 Å². The number of likely N-dealkylation sites (N-methyl/N-ethyl adjacent to an activating group) is 1. The number of hydrogen-bond acceptors (Lipinski definition) is 5. The molecule has 0 atom stereocenters. The molecule has 0 bridgehead atoms. The first-order chi connectivity index (χ1) is 14.3. The van der Waals surface area contributed by atoms with Crippen molar-refractivity contribution in [2.45, 2.75) is 20.8 Å². The second kappa shape index (κ2) is 8.77. The molecule has 0 aliphatic carbocycles. The van der Waals surface area contributed by atoms with E-state index in [0.717, 1.165) is 22.4 Å². The summed E-state index contributed by atoms with van der Waals surface area (Å²) in [4.78, 5) is 42.8. The summed E-state index contributed by atoms with van der Waals surface area (Å²) in [7, 11) is 1.52. The van der Waals surface area contributed by atoms with E-state index in [4.69, 9.17) is 0 Å². The Labute approximate surface area is 175 Å². The molecule has 0 fully saturated rings. The Bertz CT molecular complexity index is 994. The number of hydrazine groups is 1. The number of nitrogens with zero attached hydrogens (tertiary/aromatic N) is 3. The maximum absolute atomic E-state index is 12.8. The van der Waals surface area contributed by atoms with Crippen LogP contribution in [0.25, 0.3) is 0 Å². The number of nitrogens with one attached hydrogen (secondary N) is 2. The summed E-state index contributed by atoms with van der Waals surface area (Å²) in [6.45, 7) is 5.48. The lowest BCUT2D eigenvalue weighted by Crippen LogP contribution is -2.56. The van der Waals surface area contributed by atoms with Gasteiger partial charge in [-0.3, -0.25) is 24.8 Å². The van der Waals surface area contributed by atoms with Crippen LogP contribution in [0.1, 0.15) is 16.7 Å². The molecule has 0 radical (unpaired) electrons. The Morgan fingerprint density at radius 3 is 2.37 bits per heavy atom. The molecule has 1 aliphatic rings. The smallest absolute Gasteiger partial charge is 0.290 e. The highest BCUT2D eigenvalue weighted by Crippen LogP contribution is 2.19. The molecule has 1 aliphatic heterocycles. The lowest BCUT2D eigenvalue weighted by molar-refractivity contribution is -0.128. The lowest BCUT2D eigenvalue weighted by atomic mass is 10.1. The number of amidine groups is 1. The molecule has 0 saturated heterocycles. The van der Waals surface area contributed by atoms with Gasteiger partial charge in [-0.25, -0.2) is 5.01 Å². The molecular formula is C22H25N5O3. The monoisotopic (exact) mass is 407 g/mol. The number of rotatable bonds is 5. The van der Waals surface area contributed by atoms with Gasteiger partial charge in [-0.1, -0.05) is 35.9 Å². The molecule has 156 valence electrons. The molecule has 0 aromatic heterocycles. The minimum atomic E-state index is -0.476. The molecule has 2 aromatic rings. The van der Waals surface area contributed by atoms with E-state index in [0.29, 0.717) is 5.69 Å². The first kappa shape index (κ1) is 21.0. The zero-order valence-corrected chi connectivity index (χ0v) is 17.5. The van der Waals surface area contributed by atoms with E-state index >= 15 is 0 Å². The summed E-state index contributed by atoms with van der Waals surface area (Å²) < 4.78 is 0. The van der Waals surface area contributed by atoms with Crippen molar-refractivity contribution in [3.63, 3.8) is 0 Å². The Kier molecular flexibility index (Phi) is 6.15. The van der Waals surface area contributed by atoms with E-state index in [1.807, 2.05) is 51.1 Å². The Morgan fingerprint density at radius 1 is 1.10 bits per heavy atom. The van der Waals surface area contributed by atoms with E-state index in [1.165, 1.54) is 17.0 Å². The van der Waals surface area contributed by atoms with Gasteiger partial charge in [0.2, 0.25) is 11.7 Å². The Hall–Kier alpha value is -3.68. The molecule has 0 unspecified atom stereocenters. The summed E-state index contributed by atoms with van der Waals surface area (Å²) in [5.41, 5.74) is 7.08. The SMILES string of the molecule is Cc1ccc(N2NC(C(=O)N(C)CC(=O)Nc3c(C)cccc3C)=NCC2=O)cc1. The van der Waals surface area contributed by atoms with Gasteiger partial charge in [0.15, 0.2) is 0 Å². The van der Waals surface area contributed by atoms with E-state index in [2.05, 4.69) is 15.7 Å². The maximum atomic E-state index is 12.8.